The first-order chi connectivity index (χ1) is 11.6. The zero-order valence-electron chi connectivity index (χ0n) is 14.1. The second-order valence-electron chi connectivity index (χ2n) is 6.20. The van der Waals surface area contributed by atoms with Crippen LogP contribution in [0.5, 0.6) is 0 Å². The van der Waals surface area contributed by atoms with Gasteiger partial charge in [-0.3, -0.25) is 9.59 Å². The van der Waals surface area contributed by atoms with Gasteiger partial charge < -0.3 is 10.2 Å². The normalized spacial score (nSPS) is 22.2. The first-order valence-electron chi connectivity index (χ1n) is 8.17. The summed E-state index contributed by atoms with van der Waals surface area (Å²) in [7, 11) is 1.57. The van der Waals surface area contributed by atoms with Crippen molar-refractivity contribution in [2.24, 2.45) is 11.0 Å². The van der Waals surface area contributed by atoms with Crippen molar-refractivity contribution in [2.75, 3.05) is 13.6 Å². The average molecular weight is 329 g/mol. The maximum atomic E-state index is 12.8. The van der Waals surface area contributed by atoms with Crippen LogP contribution in [0.1, 0.15) is 25.3 Å². The van der Waals surface area contributed by atoms with E-state index in [0.29, 0.717) is 19.4 Å². The predicted octanol–water partition coefficient (Wildman–Crippen LogP) is 2.28. The number of nitrogens with zero attached hydrogens (tertiary/aromatic N) is 4. The van der Waals surface area contributed by atoms with Gasteiger partial charge in [0.1, 0.15) is 12.1 Å². The zero-order chi connectivity index (χ0) is 17.5. The summed E-state index contributed by atoms with van der Waals surface area (Å²) in [5.41, 5.74) is 9.72. The number of likely N-dealkylation sites (N-methyl/N-ethyl adjacent to an activating group) is 1. The maximum Gasteiger partial charge on any atom is 0.242 e. The van der Waals surface area contributed by atoms with Gasteiger partial charge in [-0.25, -0.2) is 0 Å². The highest BCUT2D eigenvalue weighted by molar-refractivity contribution is 5.90. The standard InChI is InChI=1S/C17H23N5O2/c1-12-8-9-22(17(24)14(10-12)20-21-18)15(16(23)19-2)11-13-6-4-3-5-7-13/h3-7,12,14-15H,8-11H2,1-2H3,(H,19,23). The quantitative estimate of drug-likeness (QED) is 0.509. The number of rotatable bonds is 5. The summed E-state index contributed by atoms with van der Waals surface area (Å²) in [6, 6.07) is 8.25. The molecule has 1 aromatic carbocycles. The third kappa shape index (κ3) is 4.26. The van der Waals surface area contributed by atoms with Crippen LogP contribution in [0.2, 0.25) is 0 Å². The van der Waals surface area contributed by atoms with Crippen molar-refractivity contribution in [2.45, 2.75) is 38.3 Å². The van der Waals surface area contributed by atoms with Gasteiger partial charge in [0.25, 0.3) is 0 Å². The van der Waals surface area contributed by atoms with Crippen LogP contribution in [-0.4, -0.2) is 42.4 Å². The third-order valence-electron chi connectivity index (χ3n) is 4.44. The molecule has 1 saturated heterocycles. The van der Waals surface area contributed by atoms with Gasteiger partial charge in [0.05, 0.1) is 0 Å². The summed E-state index contributed by atoms with van der Waals surface area (Å²) in [5.74, 6) is -0.209. The third-order valence-corrected chi connectivity index (χ3v) is 4.44. The molecule has 2 amide bonds. The van der Waals surface area contributed by atoms with E-state index < -0.39 is 12.1 Å². The lowest BCUT2D eigenvalue weighted by atomic mass is 10.0. The zero-order valence-corrected chi connectivity index (χ0v) is 14.1. The maximum absolute atomic E-state index is 12.8. The van der Waals surface area contributed by atoms with E-state index >= 15 is 0 Å². The van der Waals surface area contributed by atoms with Crippen molar-refractivity contribution >= 4 is 11.8 Å². The summed E-state index contributed by atoms with van der Waals surface area (Å²) in [5, 5.41) is 6.30. The molecule has 0 bridgehead atoms. The van der Waals surface area contributed by atoms with E-state index in [-0.39, 0.29) is 17.7 Å². The first kappa shape index (κ1) is 17.8. The number of hydrogen-bond acceptors (Lipinski definition) is 3. The highest BCUT2D eigenvalue weighted by Crippen LogP contribution is 2.23. The van der Waals surface area contributed by atoms with Gasteiger partial charge in [-0.15, -0.1) is 0 Å². The number of benzene rings is 1. The molecule has 0 radical (unpaired) electrons. The van der Waals surface area contributed by atoms with E-state index in [4.69, 9.17) is 5.53 Å². The molecule has 1 aliphatic heterocycles. The van der Waals surface area contributed by atoms with Crippen LogP contribution in [0.3, 0.4) is 0 Å². The van der Waals surface area contributed by atoms with E-state index in [1.807, 2.05) is 37.3 Å². The molecule has 1 fully saturated rings. The number of azide groups is 1. The lowest BCUT2D eigenvalue weighted by Gasteiger charge is -2.31. The summed E-state index contributed by atoms with van der Waals surface area (Å²) in [6.45, 7) is 2.52. The van der Waals surface area contributed by atoms with Gasteiger partial charge in [0.15, 0.2) is 0 Å². The molecular formula is C17H23N5O2. The fraction of sp³-hybridized carbons (Fsp3) is 0.529. The van der Waals surface area contributed by atoms with E-state index in [2.05, 4.69) is 15.3 Å². The van der Waals surface area contributed by atoms with E-state index in [1.54, 1.807) is 11.9 Å². The molecule has 0 spiro atoms. The van der Waals surface area contributed by atoms with E-state index in [9.17, 15) is 9.59 Å². The van der Waals surface area contributed by atoms with Gasteiger partial charge in [-0.05, 0) is 29.9 Å². The van der Waals surface area contributed by atoms with Crippen molar-refractivity contribution < 1.29 is 9.59 Å². The van der Waals surface area contributed by atoms with Crippen molar-refractivity contribution in [1.29, 1.82) is 0 Å². The molecule has 1 N–H and O–H groups in total. The Morgan fingerprint density at radius 3 is 2.79 bits per heavy atom. The SMILES string of the molecule is CNC(=O)C(Cc1ccccc1)N1CCC(C)CC(N=[N+]=[N-])C1=O. The van der Waals surface area contributed by atoms with Gasteiger partial charge in [0.2, 0.25) is 11.8 Å². The minimum atomic E-state index is -0.740. The first-order valence-corrected chi connectivity index (χ1v) is 8.17. The Kier molecular flexibility index (Phi) is 6.21. The number of likely N-dealkylation sites (tertiary alicyclic amines) is 1. The Balaban J connectivity index is 2.30. The van der Waals surface area contributed by atoms with Crippen LogP contribution in [-0.2, 0) is 16.0 Å². The lowest BCUT2D eigenvalue weighted by Crippen LogP contribution is -2.52. The molecule has 7 nitrogen and oxygen atoms in total. The molecule has 1 aliphatic rings. The van der Waals surface area contributed by atoms with Gasteiger partial charge in [-0.1, -0.05) is 42.4 Å². The van der Waals surface area contributed by atoms with Crippen LogP contribution in [0.4, 0.5) is 0 Å². The molecule has 0 aliphatic carbocycles. The molecule has 24 heavy (non-hydrogen) atoms. The molecule has 1 heterocycles. The Hall–Kier alpha value is -2.53. The summed E-state index contributed by atoms with van der Waals surface area (Å²) < 4.78 is 0. The van der Waals surface area contributed by atoms with Crippen LogP contribution in [0, 0.1) is 5.92 Å². The monoisotopic (exact) mass is 329 g/mol. The number of hydrogen-bond donors (Lipinski definition) is 1. The Labute approximate surface area is 141 Å². The van der Waals surface area contributed by atoms with Crippen LogP contribution in [0.15, 0.2) is 35.4 Å². The van der Waals surface area contributed by atoms with Crippen LogP contribution >= 0.6 is 0 Å². The minimum Gasteiger partial charge on any atom is -0.357 e. The minimum absolute atomic E-state index is 0.207. The molecule has 3 atom stereocenters. The highest BCUT2D eigenvalue weighted by Gasteiger charge is 2.36. The smallest absolute Gasteiger partial charge is 0.242 e. The molecule has 3 unspecified atom stereocenters. The fourth-order valence-electron chi connectivity index (χ4n) is 3.08. The van der Waals surface area contributed by atoms with Crippen LogP contribution in [0.25, 0.3) is 10.4 Å². The average Bonchev–Trinajstić information content (AvgIpc) is 2.73. The van der Waals surface area contributed by atoms with Crippen LogP contribution < -0.4 is 5.32 Å². The van der Waals surface area contributed by atoms with Gasteiger partial charge in [0, 0.05) is 24.9 Å². The van der Waals surface area contributed by atoms with E-state index in [0.717, 1.165) is 12.0 Å². The highest BCUT2D eigenvalue weighted by atomic mass is 16.2. The second kappa shape index (κ2) is 8.36. The summed E-state index contributed by atoms with van der Waals surface area (Å²) in [4.78, 5) is 29.6. The number of carbonyl (C=O) groups is 2. The lowest BCUT2D eigenvalue weighted by molar-refractivity contribution is -0.140. The summed E-state index contributed by atoms with van der Waals surface area (Å²) >= 11 is 0. The molecule has 0 saturated carbocycles. The van der Waals surface area contributed by atoms with Crippen molar-refractivity contribution in [3.8, 4) is 0 Å². The molecular weight excluding hydrogens is 306 g/mol. The van der Waals surface area contributed by atoms with Gasteiger partial charge in [-0.2, -0.15) is 0 Å². The Bertz CT molecular complexity index is 627. The van der Waals surface area contributed by atoms with Crippen molar-refractivity contribution in [1.82, 2.24) is 10.2 Å². The largest absolute Gasteiger partial charge is 0.357 e. The molecule has 7 heteroatoms. The predicted molar refractivity (Wildman–Crippen MR) is 91.0 cm³/mol. The Morgan fingerprint density at radius 2 is 2.17 bits per heavy atom. The number of nitrogens with one attached hydrogen (secondary N) is 1. The molecule has 0 aromatic heterocycles. The van der Waals surface area contributed by atoms with Crippen molar-refractivity contribution in [3.63, 3.8) is 0 Å². The fourth-order valence-corrected chi connectivity index (χ4v) is 3.08. The van der Waals surface area contributed by atoms with Gasteiger partial charge >= 0.3 is 0 Å². The number of carbonyl (C=O) groups excluding carboxylic acids is 2. The topological polar surface area (TPSA) is 98.2 Å². The Morgan fingerprint density at radius 1 is 1.46 bits per heavy atom. The van der Waals surface area contributed by atoms with E-state index in [1.165, 1.54) is 0 Å². The molecule has 1 aromatic rings. The van der Waals surface area contributed by atoms with Crippen molar-refractivity contribution in [3.05, 3.63) is 46.3 Å². The second-order valence-corrected chi connectivity index (χ2v) is 6.20. The molecule has 2 rings (SSSR count). The number of amides is 2. The summed E-state index contributed by atoms with van der Waals surface area (Å²) in [6.07, 6.45) is 1.74. The molecule has 128 valence electrons.